The van der Waals surface area contributed by atoms with Crippen LogP contribution in [0, 0.1) is 0 Å². The minimum atomic E-state index is -0.530. The first-order valence-corrected chi connectivity index (χ1v) is 5.57. The highest BCUT2D eigenvalue weighted by atomic mass is 19.1. The number of imidazole rings is 1. The summed E-state index contributed by atoms with van der Waals surface area (Å²) >= 11 is 0. The van der Waals surface area contributed by atoms with Crippen LogP contribution in [-0.2, 0) is 6.54 Å². The van der Waals surface area contributed by atoms with E-state index >= 15 is 0 Å². The Morgan fingerprint density at radius 1 is 1.44 bits per heavy atom. The van der Waals surface area contributed by atoms with Crippen molar-refractivity contribution < 1.29 is 4.39 Å². The normalized spacial score (nSPS) is 12.1. The fraction of sp³-hybridized carbons (Fsp3) is 0.167. The number of alkyl halides is 1. The monoisotopic (exact) mass is 246 g/mol. The lowest BCUT2D eigenvalue weighted by Gasteiger charge is -1.99. The van der Waals surface area contributed by atoms with E-state index in [1.54, 1.807) is 23.0 Å². The van der Waals surface area contributed by atoms with Crippen molar-refractivity contribution >= 4 is 22.1 Å². The zero-order valence-electron chi connectivity index (χ0n) is 9.48. The number of fused-ring (bicyclic) bond motifs is 3. The maximum Gasteiger partial charge on any atom is 0.326 e. The number of nitrogens with zero attached hydrogens (tertiary/aromatic N) is 2. The van der Waals surface area contributed by atoms with Crippen molar-refractivity contribution in [1.82, 2.24) is 19.5 Å². The lowest BCUT2D eigenvalue weighted by molar-refractivity contribution is 0.560. The zero-order valence-corrected chi connectivity index (χ0v) is 9.48. The first-order chi connectivity index (χ1) is 8.81. The third-order valence-corrected chi connectivity index (χ3v) is 2.86. The van der Waals surface area contributed by atoms with Gasteiger partial charge in [0, 0.05) is 18.1 Å². The van der Waals surface area contributed by atoms with Gasteiger partial charge in [0.15, 0.2) is 0 Å². The van der Waals surface area contributed by atoms with E-state index in [9.17, 15) is 9.18 Å². The van der Waals surface area contributed by atoms with Crippen molar-refractivity contribution in [3.63, 3.8) is 0 Å². The second kappa shape index (κ2) is 4.14. The van der Waals surface area contributed by atoms with Gasteiger partial charge >= 0.3 is 5.69 Å². The van der Waals surface area contributed by atoms with E-state index in [1.165, 1.54) is 6.08 Å². The van der Waals surface area contributed by atoms with Crippen LogP contribution < -0.4 is 5.69 Å². The number of pyridine rings is 1. The molecule has 0 fully saturated rings. The maximum atomic E-state index is 12.0. The average molecular weight is 246 g/mol. The molecule has 0 saturated heterocycles. The summed E-state index contributed by atoms with van der Waals surface area (Å²) in [7, 11) is 0. The van der Waals surface area contributed by atoms with E-state index in [1.807, 2.05) is 6.07 Å². The van der Waals surface area contributed by atoms with Gasteiger partial charge in [-0.05, 0) is 6.07 Å². The number of hydrogen-bond donors (Lipinski definition) is 2. The van der Waals surface area contributed by atoms with Crippen LogP contribution in [-0.4, -0.2) is 26.2 Å². The summed E-state index contributed by atoms with van der Waals surface area (Å²) in [5, 5.41) is 0.875. The van der Waals surface area contributed by atoms with Gasteiger partial charge in [0.1, 0.15) is 12.3 Å². The van der Waals surface area contributed by atoms with E-state index < -0.39 is 6.67 Å². The summed E-state index contributed by atoms with van der Waals surface area (Å²) < 4.78 is 13.6. The molecule has 0 atom stereocenters. The molecule has 3 rings (SSSR count). The van der Waals surface area contributed by atoms with Crippen molar-refractivity contribution in [3.8, 4) is 0 Å². The molecule has 5 nitrogen and oxygen atoms in total. The Hall–Kier alpha value is -2.37. The smallest absolute Gasteiger partial charge is 0.326 e. The van der Waals surface area contributed by atoms with E-state index in [2.05, 4.69) is 15.0 Å². The number of H-pyrrole nitrogens is 2. The van der Waals surface area contributed by atoms with Gasteiger partial charge in [-0.1, -0.05) is 12.2 Å². The third kappa shape index (κ3) is 1.54. The molecule has 92 valence electrons. The van der Waals surface area contributed by atoms with Crippen molar-refractivity contribution in [2.45, 2.75) is 6.54 Å². The van der Waals surface area contributed by atoms with Gasteiger partial charge in [-0.2, -0.15) is 0 Å². The Morgan fingerprint density at radius 2 is 2.33 bits per heavy atom. The van der Waals surface area contributed by atoms with E-state index in [4.69, 9.17) is 0 Å². The Balaban J connectivity index is 2.28. The summed E-state index contributed by atoms with van der Waals surface area (Å²) in [6.07, 6.45) is 6.41. The molecular weight excluding hydrogens is 235 g/mol. The van der Waals surface area contributed by atoms with E-state index in [-0.39, 0.29) is 5.69 Å². The largest absolute Gasteiger partial charge is 0.346 e. The number of hydrogen-bond acceptors (Lipinski definition) is 2. The third-order valence-electron chi connectivity index (χ3n) is 2.86. The number of aromatic amines is 2. The molecule has 18 heavy (non-hydrogen) atoms. The highest BCUT2D eigenvalue weighted by Crippen LogP contribution is 2.20. The molecule has 0 bridgehead atoms. The highest BCUT2D eigenvalue weighted by Gasteiger charge is 2.10. The number of rotatable bonds is 3. The minimum Gasteiger partial charge on any atom is -0.346 e. The van der Waals surface area contributed by atoms with Gasteiger partial charge in [0.2, 0.25) is 0 Å². The van der Waals surface area contributed by atoms with Crippen LogP contribution in [0.1, 0.15) is 0 Å². The molecular formula is C12H11FN4O. The summed E-state index contributed by atoms with van der Waals surface area (Å²) in [5.74, 6) is 0. The second-order valence-electron chi connectivity index (χ2n) is 3.93. The number of allylic oxidation sites excluding steroid dienone is 2. The average Bonchev–Trinajstić information content (AvgIpc) is 2.93. The lowest BCUT2D eigenvalue weighted by atomic mass is 10.3. The molecule has 0 amide bonds. The summed E-state index contributed by atoms with van der Waals surface area (Å²) in [6, 6.07) is 1.87. The van der Waals surface area contributed by atoms with E-state index in [0.29, 0.717) is 12.1 Å². The summed E-state index contributed by atoms with van der Waals surface area (Å²) in [6.45, 7) is -0.189. The predicted molar refractivity (Wildman–Crippen MR) is 67.3 cm³/mol. The molecule has 0 aromatic carbocycles. The topological polar surface area (TPSA) is 66.5 Å². The van der Waals surface area contributed by atoms with Crippen LogP contribution in [0.5, 0.6) is 0 Å². The molecule has 0 unspecified atom stereocenters. The molecule has 0 aliphatic rings. The Morgan fingerprint density at radius 3 is 3.17 bits per heavy atom. The summed E-state index contributed by atoms with van der Waals surface area (Å²) in [5.41, 5.74) is 1.98. The van der Waals surface area contributed by atoms with Crippen molar-refractivity contribution in [2.24, 2.45) is 0 Å². The van der Waals surface area contributed by atoms with Gasteiger partial charge in [0.05, 0.1) is 17.2 Å². The number of nitrogens with one attached hydrogen (secondary N) is 2. The molecule has 3 aromatic heterocycles. The molecule has 3 aromatic rings. The Bertz CT molecular complexity index is 780. The molecule has 6 heteroatoms. The molecule has 0 radical (unpaired) electrons. The van der Waals surface area contributed by atoms with E-state index in [0.717, 1.165) is 16.6 Å². The lowest BCUT2D eigenvalue weighted by Crippen LogP contribution is -2.15. The van der Waals surface area contributed by atoms with Gasteiger partial charge in [-0.3, -0.25) is 4.57 Å². The second-order valence-corrected chi connectivity index (χ2v) is 3.93. The predicted octanol–water partition coefficient (Wildman–Crippen LogP) is 1.73. The molecule has 0 aliphatic heterocycles. The number of aromatic nitrogens is 4. The first-order valence-electron chi connectivity index (χ1n) is 5.57. The fourth-order valence-corrected chi connectivity index (χ4v) is 2.08. The zero-order chi connectivity index (χ0) is 12.5. The van der Waals surface area contributed by atoms with Gasteiger partial charge < -0.3 is 9.97 Å². The molecule has 0 aliphatic carbocycles. The first kappa shape index (κ1) is 10.8. The molecule has 0 saturated carbocycles. The van der Waals surface area contributed by atoms with Crippen LogP contribution >= 0.6 is 0 Å². The Labute approximate surface area is 101 Å². The SMILES string of the molecule is O=c1[nH]c2cnc3[nH]ccc3c2n1C/C=C/CF. The standard InChI is InChI=1S/C12H11FN4O/c13-4-1-2-6-17-10-8-3-5-14-11(8)15-7-9(10)16-12(17)18/h1-3,5,7H,4,6H2,(H,14,15)(H,16,18)/b2-1+. The quantitative estimate of drug-likeness (QED) is 0.691. The van der Waals surface area contributed by atoms with Crippen LogP contribution in [0.15, 0.2) is 35.4 Å². The summed E-state index contributed by atoms with van der Waals surface area (Å²) in [4.78, 5) is 21.8. The van der Waals surface area contributed by atoms with Crippen molar-refractivity contribution in [1.29, 1.82) is 0 Å². The highest BCUT2D eigenvalue weighted by molar-refractivity contribution is 6.00. The van der Waals surface area contributed by atoms with Crippen LogP contribution in [0.25, 0.3) is 22.1 Å². The van der Waals surface area contributed by atoms with Gasteiger partial charge in [-0.15, -0.1) is 0 Å². The van der Waals surface area contributed by atoms with Gasteiger partial charge in [-0.25, -0.2) is 14.2 Å². The van der Waals surface area contributed by atoms with Gasteiger partial charge in [0.25, 0.3) is 0 Å². The Kier molecular flexibility index (Phi) is 2.47. The minimum absolute atomic E-state index is 0.219. The maximum absolute atomic E-state index is 12.0. The van der Waals surface area contributed by atoms with Crippen LogP contribution in [0.3, 0.4) is 0 Å². The van der Waals surface area contributed by atoms with Crippen molar-refractivity contribution in [3.05, 3.63) is 41.1 Å². The molecule has 2 N–H and O–H groups in total. The number of halogens is 1. The van der Waals surface area contributed by atoms with Crippen LogP contribution in [0.4, 0.5) is 4.39 Å². The molecule has 3 heterocycles. The van der Waals surface area contributed by atoms with Crippen molar-refractivity contribution in [2.75, 3.05) is 6.67 Å². The van der Waals surface area contributed by atoms with Crippen LogP contribution in [0.2, 0.25) is 0 Å². The fourth-order valence-electron chi connectivity index (χ4n) is 2.08. The molecule has 0 spiro atoms.